The van der Waals surface area contributed by atoms with Crippen molar-refractivity contribution in [2.24, 2.45) is 0 Å². The van der Waals surface area contributed by atoms with Gasteiger partial charge >= 0.3 is 0 Å². The first-order valence-corrected chi connectivity index (χ1v) is 5.05. The van der Waals surface area contributed by atoms with Gasteiger partial charge in [0.15, 0.2) is 0 Å². The van der Waals surface area contributed by atoms with Gasteiger partial charge in [-0.15, -0.1) is 11.8 Å². The van der Waals surface area contributed by atoms with E-state index in [9.17, 15) is 8.78 Å². The van der Waals surface area contributed by atoms with E-state index in [4.69, 9.17) is 5.73 Å². The molecule has 78 valence electrons. The smallest absolute Gasteiger partial charge is 0.141 e. The number of thioether (sulfide) groups is 1. The highest BCUT2D eigenvalue weighted by Gasteiger charge is 2.19. The number of benzene rings is 1. The second-order valence-electron chi connectivity index (χ2n) is 4.03. The molecule has 1 aromatic carbocycles. The van der Waals surface area contributed by atoms with Crippen LogP contribution in [0.15, 0.2) is 17.0 Å². The van der Waals surface area contributed by atoms with E-state index in [1.54, 1.807) is 0 Å². The number of halogens is 2. The van der Waals surface area contributed by atoms with Gasteiger partial charge in [0.1, 0.15) is 11.6 Å². The average molecular weight is 217 g/mol. The van der Waals surface area contributed by atoms with Crippen molar-refractivity contribution in [1.29, 1.82) is 0 Å². The Labute approximate surface area is 86.7 Å². The van der Waals surface area contributed by atoms with Crippen LogP contribution in [-0.2, 0) is 0 Å². The number of anilines is 1. The summed E-state index contributed by atoms with van der Waals surface area (Å²) in [5.74, 6) is -1.19. The van der Waals surface area contributed by atoms with Crippen LogP contribution in [0.1, 0.15) is 20.8 Å². The van der Waals surface area contributed by atoms with Gasteiger partial charge < -0.3 is 5.73 Å². The maximum atomic E-state index is 13.3. The largest absolute Gasteiger partial charge is 0.399 e. The molecule has 0 saturated heterocycles. The van der Waals surface area contributed by atoms with Crippen LogP contribution < -0.4 is 5.73 Å². The van der Waals surface area contributed by atoms with Crippen LogP contribution in [0.3, 0.4) is 0 Å². The van der Waals surface area contributed by atoms with Gasteiger partial charge in [0.05, 0.1) is 4.90 Å². The summed E-state index contributed by atoms with van der Waals surface area (Å²) in [7, 11) is 0. The summed E-state index contributed by atoms with van der Waals surface area (Å²) in [5.41, 5.74) is 5.41. The summed E-state index contributed by atoms with van der Waals surface area (Å²) < 4.78 is 26.4. The molecule has 0 spiro atoms. The fourth-order valence-corrected chi connectivity index (χ4v) is 1.91. The zero-order valence-electron chi connectivity index (χ0n) is 8.40. The van der Waals surface area contributed by atoms with Crippen molar-refractivity contribution in [3.8, 4) is 0 Å². The van der Waals surface area contributed by atoms with Crippen molar-refractivity contribution >= 4 is 17.4 Å². The van der Waals surface area contributed by atoms with Crippen molar-refractivity contribution < 1.29 is 8.78 Å². The van der Waals surface area contributed by atoms with Crippen LogP contribution in [-0.4, -0.2) is 4.75 Å². The molecule has 0 aliphatic rings. The third-order valence-corrected chi connectivity index (χ3v) is 2.64. The van der Waals surface area contributed by atoms with Crippen LogP contribution in [0.5, 0.6) is 0 Å². The fourth-order valence-electron chi connectivity index (χ4n) is 0.983. The molecule has 0 heterocycles. The van der Waals surface area contributed by atoms with Crippen molar-refractivity contribution in [2.75, 3.05) is 5.73 Å². The van der Waals surface area contributed by atoms with E-state index in [0.717, 1.165) is 23.9 Å². The Hall–Kier alpha value is -0.770. The lowest BCUT2D eigenvalue weighted by molar-refractivity contribution is 0.540. The van der Waals surface area contributed by atoms with E-state index < -0.39 is 11.6 Å². The van der Waals surface area contributed by atoms with Crippen molar-refractivity contribution in [3.63, 3.8) is 0 Å². The van der Waals surface area contributed by atoms with Gasteiger partial charge in [0.2, 0.25) is 0 Å². The molecule has 2 N–H and O–H groups in total. The number of nitrogens with two attached hydrogens (primary N) is 1. The highest BCUT2D eigenvalue weighted by Crippen LogP contribution is 2.36. The third-order valence-electron chi connectivity index (χ3n) is 1.43. The standard InChI is InChI=1S/C10H13F2NS/c1-10(2,3)14-9-7(11)4-6(13)5-8(9)12/h4-5H,13H2,1-3H3. The summed E-state index contributed by atoms with van der Waals surface area (Å²) >= 11 is 1.16. The Morgan fingerprint density at radius 2 is 1.57 bits per heavy atom. The molecule has 1 nitrogen and oxygen atoms in total. The molecule has 14 heavy (non-hydrogen) atoms. The van der Waals surface area contributed by atoms with Crippen LogP contribution in [0, 0.1) is 11.6 Å². The van der Waals surface area contributed by atoms with Crippen LogP contribution >= 0.6 is 11.8 Å². The van der Waals surface area contributed by atoms with Crippen molar-refractivity contribution in [2.45, 2.75) is 30.4 Å². The molecule has 0 radical (unpaired) electrons. The quantitative estimate of drug-likeness (QED) is 0.576. The molecule has 4 heteroatoms. The lowest BCUT2D eigenvalue weighted by atomic mass is 10.3. The normalized spacial score (nSPS) is 11.8. The number of rotatable bonds is 1. The third kappa shape index (κ3) is 2.87. The van der Waals surface area contributed by atoms with Gasteiger partial charge in [-0.05, 0) is 12.1 Å². The molecule has 0 fully saturated rings. The van der Waals surface area contributed by atoms with Crippen LogP contribution in [0.2, 0.25) is 0 Å². The molecule has 0 aliphatic carbocycles. The lowest BCUT2D eigenvalue weighted by Crippen LogP contribution is -2.08. The monoisotopic (exact) mass is 217 g/mol. The van der Waals surface area contributed by atoms with Crippen molar-refractivity contribution in [3.05, 3.63) is 23.8 Å². The van der Waals surface area contributed by atoms with Crippen LogP contribution in [0.4, 0.5) is 14.5 Å². The van der Waals surface area contributed by atoms with E-state index >= 15 is 0 Å². The molecule has 0 unspecified atom stereocenters. The molecule has 0 aliphatic heterocycles. The molecule has 0 amide bonds. The Kier molecular flexibility index (Phi) is 3.04. The van der Waals surface area contributed by atoms with Gasteiger partial charge in [0.25, 0.3) is 0 Å². The molecule has 0 aromatic heterocycles. The fraction of sp³-hybridized carbons (Fsp3) is 0.400. The van der Waals surface area contributed by atoms with E-state index in [-0.39, 0.29) is 15.3 Å². The van der Waals surface area contributed by atoms with Gasteiger partial charge in [-0.2, -0.15) is 0 Å². The topological polar surface area (TPSA) is 26.0 Å². The van der Waals surface area contributed by atoms with Gasteiger partial charge in [-0.25, -0.2) is 8.78 Å². The predicted molar refractivity (Wildman–Crippen MR) is 56.4 cm³/mol. The van der Waals surface area contributed by atoms with E-state index in [0.29, 0.717) is 0 Å². The van der Waals surface area contributed by atoms with E-state index in [2.05, 4.69) is 0 Å². The second-order valence-corrected chi connectivity index (χ2v) is 5.87. The minimum Gasteiger partial charge on any atom is -0.399 e. The first kappa shape index (κ1) is 11.3. The van der Waals surface area contributed by atoms with Gasteiger partial charge in [0, 0.05) is 10.4 Å². The first-order valence-electron chi connectivity index (χ1n) is 4.23. The summed E-state index contributed by atoms with van der Waals surface area (Å²) in [5, 5.41) is 0. The highest BCUT2D eigenvalue weighted by molar-refractivity contribution is 8.00. The highest BCUT2D eigenvalue weighted by atomic mass is 32.2. The predicted octanol–water partition coefficient (Wildman–Crippen LogP) is 3.44. The van der Waals surface area contributed by atoms with Gasteiger partial charge in [-0.1, -0.05) is 20.8 Å². The maximum Gasteiger partial charge on any atom is 0.141 e. The Morgan fingerprint density at radius 3 is 1.93 bits per heavy atom. The molecular weight excluding hydrogens is 204 g/mol. The minimum atomic E-state index is -0.595. The maximum absolute atomic E-state index is 13.3. The number of nitrogen functional groups attached to an aromatic ring is 1. The van der Waals surface area contributed by atoms with Gasteiger partial charge in [-0.3, -0.25) is 0 Å². The molecule has 1 aromatic rings. The Morgan fingerprint density at radius 1 is 1.14 bits per heavy atom. The summed E-state index contributed by atoms with van der Waals surface area (Å²) in [6.45, 7) is 5.69. The molecule has 0 atom stereocenters. The molecule has 0 saturated carbocycles. The molecule has 1 rings (SSSR count). The van der Waals surface area contributed by atoms with Crippen molar-refractivity contribution in [1.82, 2.24) is 0 Å². The summed E-state index contributed by atoms with van der Waals surface area (Å²) in [4.78, 5) is 0.0340. The number of hydrogen-bond donors (Lipinski definition) is 1. The Balaban J connectivity index is 3.09. The van der Waals surface area contributed by atoms with Crippen LogP contribution in [0.25, 0.3) is 0 Å². The molecular formula is C10H13F2NS. The minimum absolute atomic E-state index is 0.0340. The molecule has 0 bridgehead atoms. The number of hydrogen-bond acceptors (Lipinski definition) is 2. The van der Waals surface area contributed by atoms with E-state index in [1.165, 1.54) is 0 Å². The summed E-state index contributed by atoms with van der Waals surface area (Å²) in [6, 6.07) is 2.27. The average Bonchev–Trinajstić information content (AvgIpc) is 1.95. The summed E-state index contributed by atoms with van der Waals surface area (Å²) in [6.07, 6.45) is 0. The Bertz CT molecular complexity index is 321. The zero-order valence-corrected chi connectivity index (χ0v) is 9.21. The lowest BCUT2D eigenvalue weighted by Gasteiger charge is -2.18. The SMILES string of the molecule is CC(C)(C)Sc1c(F)cc(N)cc1F. The second kappa shape index (κ2) is 3.77. The zero-order chi connectivity index (χ0) is 10.9. The van der Waals surface area contributed by atoms with E-state index in [1.807, 2.05) is 20.8 Å². The first-order chi connectivity index (χ1) is 6.29.